The number of hydrogen-bond acceptors (Lipinski definition) is 5. The summed E-state index contributed by atoms with van der Waals surface area (Å²) in [5.74, 6) is -1.72. The SMILES string of the molecule is CC(c1ccc(O)cc1)C(O)c1c(O)cc(O)cc1P(=O)(O)O. The molecular weight excluding hydrogens is 323 g/mol. The quantitative estimate of drug-likeness (QED) is 0.463. The Labute approximate surface area is 132 Å². The van der Waals surface area contributed by atoms with E-state index in [4.69, 9.17) is 0 Å². The fourth-order valence-corrected chi connectivity index (χ4v) is 3.22. The van der Waals surface area contributed by atoms with Crippen LogP contribution in [-0.4, -0.2) is 30.2 Å². The van der Waals surface area contributed by atoms with Crippen molar-refractivity contribution in [1.82, 2.24) is 0 Å². The Morgan fingerprint density at radius 3 is 2.04 bits per heavy atom. The Morgan fingerprint density at radius 2 is 1.52 bits per heavy atom. The van der Waals surface area contributed by atoms with Crippen molar-refractivity contribution < 1.29 is 34.8 Å². The molecule has 0 amide bonds. The van der Waals surface area contributed by atoms with Gasteiger partial charge in [0.25, 0.3) is 0 Å². The maximum atomic E-state index is 11.6. The van der Waals surface area contributed by atoms with Crippen LogP contribution in [0.2, 0.25) is 0 Å². The van der Waals surface area contributed by atoms with Crippen molar-refractivity contribution in [3.05, 3.63) is 47.5 Å². The van der Waals surface area contributed by atoms with Crippen molar-refractivity contribution in [2.75, 3.05) is 0 Å². The summed E-state index contributed by atoms with van der Waals surface area (Å²) in [6.07, 6.45) is -1.43. The minimum atomic E-state index is -4.82. The molecular formula is C15H17O7P. The van der Waals surface area contributed by atoms with Gasteiger partial charge in [-0.2, -0.15) is 0 Å². The van der Waals surface area contributed by atoms with Crippen molar-refractivity contribution in [1.29, 1.82) is 0 Å². The molecule has 0 fully saturated rings. The Balaban J connectivity index is 2.52. The minimum Gasteiger partial charge on any atom is -0.508 e. The topological polar surface area (TPSA) is 138 Å². The molecule has 8 heteroatoms. The number of aliphatic hydroxyl groups is 1. The fourth-order valence-electron chi connectivity index (χ4n) is 2.36. The molecule has 0 heterocycles. The number of aliphatic hydroxyl groups excluding tert-OH is 1. The number of rotatable bonds is 4. The maximum absolute atomic E-state index is 11.6. The van der Waals surface area contributed by atoms with Crippen LogP contribution in [0.15, 0.2) is 36.4 Å². The lowest BCUT2D eigenvalue weighted by Crippen LogP contribution is -2.18. The Hall–Kier alpha value is -2.05. The third kappa shape index (κ3) is 3.65. The zero-order valence-corrected chi connectivity index (χ0v) is 13.1. The molecule has 2 aromatic rings. The number of benzene rings is 2. The van der Waals surface area contributed by atoms with Crippen LogP contribution < -0.4 is 5.30 Å². The fraction of sp³-hybridized carbons (Fsp3) is 0.200. The van der Waals surface area contributed by atoms with Gasteiger partial charge in [-0.3, -0.25) is 4.57 Å². The summed E-state index contributed by atoms with van der Waals surface area (Å²) in [6, 6.07) is 7.66. The Bertz CT molecular complexity index is 751. The molecule has 7 nitrogen and oxygen atoms in total. The zero-order chi connectivity index (χ0) is 17.4. The number of hydrogen-bond donors (Lipinski definition) is 6. The average Bonchev–Trinajstić information content (AvgIpc) is 2.45. The average molecular weight is 340 g/mol. The van der Waals surface area contributed by atoms with Gasteiger partial charge < -0.3 is 30.2 Å². The van der Waals surface area contributed by atoms with Crippen LogP contribution in [0.5, 0.6) is 17.2 Å². The van der Waals surface area contributed by atoms with Crippen molar-refractivity contribution in [3.8, 4) is 17.2 Å². The van der Waals surface area contributed by atoms with Crippen molar-refractivity contribution in [2.24, 2.45) is 0 Å². The van der Waals surface area contributed by atoms with Gasteiger partial charge in [-0.25, -0.2) is 0 Å². The van der Waals surface area contributed by atoms with Gasteiger partial charge in [-0.1, -0.05) is 19.1 Å². The van der Waals surface area contributed by atoms with Crippen molar-refractivity contribution >= 4 is 12.9 Å². The highest BCUT2D eigenvalue weighted by molar-refractivity contribution is 7.60. The summed E-state index contributed by atoms with van der Waals surface area (Å²) in [6.45, 7) is 1.60. The van der Waals surface area contributed by atoms with E-state index in [1.165, 1.54) is 12.1 Å². The smallest absolute Gasteiger partial charge is 0.356 e. The van der Waals surface area contributed by atoms with E-state index in [2.05, 4.69) is 0 Å². The number of phenols is 3. The van der Waals surface area contributed by atoms with E-state index in [-0.39, 0.29) is 11.3 Å². The Morgan fingerprint density at radius 1 is 0.957 bits per heavy atom. The highest BCUT2D eigenvalue weighted by Gasteiger charge is 2.31. The molecule has 23 heavy (non-hydrogen) atoms. The van der Waals surface area contributed by atoms with E-state index < -0.39 is 36.4 Å². The van der Waals surface area contributed by atoms with Gasteiger partial charge in [-0.15, -0.1) is 0 Å². The summed E-state index contributed by atoms with van der Waals surface area (Å²) in [5, 5.41) is 38.5. The van der Waals surface area contributed by atoms with E-state index in [9.17, 15) is 34.8 Å². The van der Waals surface area contributed by atoms with Crippen LogP contribution in [0.4, 0.5) is 0 Å². The lowest BCUT2D eigenvalue weighted by Gasteiger charge is -2.23. The van der Waals surface area contributed by atoms with Gasteiger partial charge in [0, 0.05) is 17.5 Å². The molecule has 6 N–H and O–H groups in total. The van der Waals surface area contributed by atoms with E-state index in [0.717, 1.165) is 12.1 Å². The highest BCUT2D eigenvalue weighted by Crippen LogP contribution is 2.44. The lowest BCUT2D eigenvalue weighted by molar-refractivity contribution is 0.149. The van der Waals surface area contributed by atoms with Crippen molar-refractivity contribution in [2.45, 2.75) is 18.9 Å². The molecule has 2 aromatic carbocycles. The molecule has 0 spiro atoms. The molecule has 2 atom stereocenters. The van der Waals surface area contributed by atoms with Gasteiger partial charge in [-0.05, 0) is 23.8 Å². The monoisotopic (exact) mass is 340 g/mol. The van der Waals surface area contributed by atoms with Gasteiger partial charge in [0.05, 0.1) is 11.4 Å². The highest BCUT2D eigenvalue weighted by atomic mass is 31.2. The number of phenolic OH excluding ortho intramolecular Hbond substituents is 3. The third-order valence-corrected chi connectivity index (χ3v) is 4.62. The summed E-state index contributed by atoms with van der Waals surface area (Å²) in [7, 11) is -4.82. The minimum absolute atomic E-state index is 0.0406. The summed E-state index contributed by atoms with van der Waals surface area (Å²) < 4.78 is 11.6. The second-order valence-corrected chi connectivity index (χ2v) is 6.84. The molecule has 0 radical (unpaired) electrons. The first-order valence-electron chi connectivity index (χ1n) is 6.70. The molecule has 0 bridgehead atoms. The van der Waals surface area contributed by atoms with Crippen LogP contribution in [0.1, 0.15) is 30.1 Å². The first-order chi connectivity index (χ1) is 10.6. The molecule has 0 saturated heterocycles. The molecule has 0 aromatic heterocycles. The van der Waals surface area contributed by atoms with Gasteiger partial charge in [0.15, 0.2) is 0 Å². The summed E-state index contributed by atoms with van der Waals surface area (Å²) in [5.41, 5.74) is 0.260. The molecule has 2 rings (SSSR count). The Kier molecular flexibility index (Phi) is 4.68. The predicted octanol–water partition coefficient (Wildman–Crippen LogP) is 1.44. The summed E-state index contributed by atoms with van der Waals surface area (Å²) >= 11 is 0. The zero-order valence-electron chi connectivity index (χ0n) is 12.2. The predicted molar refractivity (Wildman–Crippen MR) is 82.9 cm³/mol. The normalized spacial score (nSPS) is 14.4. The van der Waals surface area contributed by atoms with E-state index in [1.54, 1.807) is 19.1 Å². The molecule has 2 unspecified atom stereocenters. The van der Waals surface area contributed by atoms with E-state index in [0.29, 0.717) is 5.56 Å². The number of aromatic hydroxyl groups is 3. The van der Waals surface area contributed by atoms with Crippen LogP contribution in [0.3, 0.4) is 0 Å². The van der Waals surface area contributed by atoms with E-state index in [1.807, 2.05) is 0 Å². The summed E-state index contributed by atoms with van der Waals surface area (Å²) in [4.78, 5) is 18.8. The lowest BCUT2D eigenvalue weighted by atomic mass is 9.90. The third-order valence-electron chi connectivity index (χ3n) is 3.62. The first-order valence-corrected chi connectivity index (χ1v) is 8.31. The van der Waals surface area contributed by atoms with Crippen LogP contribution >= 0.6 is 7.60 Å². The van der Waals surface area contributed by atoms with E-state index >= 15 is 0 Å². The standard InChI is InChI=1S/C15H17O7P/c1-8(9-2-4-10(16)5-3-9)15(19)14-12(18)6-11(17)7-13(14)23(20,21)22/h2-8,15-19H,1H3,(H2,20,21,22). The van der Waals surface area contributed by atoms with Crippen LogP contribution in [0.25, 0.3) is 0 Å². The maximum Gasteiger partial charge on any atom is 0.356 e. The van der Waals surface area contributed by atoms with Crippen molar-refractivity contribution in [3.63, 3.8) is 0 Å². The molecule has 0 aliphatic rings. The first kappa shape index (κ1) is 17.3. The molecule has 124 valence electrons. The second kappa shape index (κ2) is 6.22. The van der Waals surface area contributed by atoms with Gasteiger partial charge >= 0.3 is 7.60 Å². The molecule has 0 aliphatic carbocycles. The van der Waals surface area contributed by atoms with Crippen LogP contribution in [0, 0.1) is 0 Å². The van der Waals surface area contributed by atoms with Gasteiger partial charge in [0.1, 0.15) is 17.2 Å². The molecule has 0 saturated carbocycles. The van der Waals surface area contributed by atoms with Crippen LogP contribution in [-0.2, 0) is 4.57 Å². The molecule has 0 aliphatic heterocycles. The largest absolute Gasteiger partial charge is 0.508 e. The van der Waals surface area contributed by atoms with Gasteiger partial charge in [0.2, 0.25) is 0 Å². The second-order valence-electron chi connectivity index (χ2n) is 5.27.